The quantitative estimate of drug-likeness (QED) is 0.902. The summed E-state index contributed by atoms with van der Waals surface area (Å²) in [7, 11) is 0. The summed E-state index contributed by atoms with van der Waals surface area (Å²) >= 11 is 3.37. The van der Waals surface area contributed by atoms with Crippen LogP contribution in [0.2, 0.25) is 0 Å². The Morgan fingerprint density at radius 3 is 2.88 bits per heavy atom. The summed E-state index contributed by atoms with van der Waals surface area (Å²) in [5, 5.41) is 12.1. The molecule has 4 heteroatoms. The van der Waals surface area contributed by atoms with Gasteiger partial charge in [-0.15, -0.1) is 0 Å². The fraction of sp³-hybridized carbons (Fsp3) is 0.417. The number of hydrogen-bond donors (Lipinski definition) is 1. The molecule has 1 atom stereocenters. The first-order valence-corrected chi connectivity index (χ1v) is 6.00. The molecule has 0 saturated carbocycles. The molecule has 1 N–H and O–H groups in total. The zero-order valence-electron chi connectivity index (χ0n) is 9.46. The number of anilines is 1. The average molecular weight is 283 g/mol. The molecule has 0 amide bonds. The summed E-state index contributed by atoms with van der Waals surface area (Å²) in [5.41, 5.74) is 1.57. The summed E-state index contributed by atoms with van der Waals surface area (Å²) in [6, 6.07) is 7.91. The molecule has 1 aromatic rings. The fourth-order valence-corrected chi connectivity index (χ4v) is 1.85. The molecule has 3 nitrogen and oxygen atoms in total. The predicted octanol–water partition coefficient (Wildman–Crippen LogP) is 3.16. The van der Waals surface area contributed by atoms with Crippen LogP contribution >= 0.6 is 15.9 Å². The van der Waals surface area contributed by atoms with E-state index in [0.717, 1.165) is 10.2 Å². The molecule has 86 valence electrons. The summed E-state index contributed by atoms with van der Waals surface area (Å²) in [4.78, 5) is 0. The van der Waals surface area contributed by atoms with Gasteiger partial charge in [0.1, 0.15) is 0 Å². The Morgan fingerprint density at radius 1 is 1.50 bits per heavy atom. The van der Waals surface area contributed by atoms with Gasteiger partial charge in [0.25, 0.3) is 0 Å². The number of hydrogen-bond acceptors (Lipinski definition) is 3. The van der Waals surface area contributed by atoms with Gasteiger partial charge in [-0.1, -0.05) is 15.9 Å². The van der Waals surface area contributed by atoms with Crippen LogP contribution in [0.5, 0.6) is 0 Å². The van der Waals surface area contributed by atoms with Gasteiger partial charge < -0.3 is 10.1 Å². The summed E-state index contributed by atoms with van der Waals surface area (Å²) in [5.74, 6) is 0. The highest BCUT2D eigenvalue weighted by molar-refractivity contribution is 9.10. The van der Waals surface area contributed by atoms with E-state index >= 15 is 0 Å². The molecule has 0 saturated heterocycles. The van der Waals surface area contributed by atoms with Gasteiger partial charge in [-0.25, -0.2) is 0 Å². The second-order valence-electron chi connectivity index (χ2n) is 3.55. The van der Waals surface area contributed by atoms with Crippen molar-refractivity contribution in [2.45, 2.75) is 19.9 Å². The van der Waals surface area contributed by atoms with Crippen molar-refractivity contribution in [2.24, 2.45) is 0 Å². The largest absolute Gasteiger partial charge is 0.380 e. The molecular weight excluding hydrogens is 268 g/mol. The Labute approximate surface area is 105 Å². The highest BCUT2D eigenvalue weighted by atomic mass is 79.9. The number of nitrogens with one attached hydrogen (secondary N) is 1. The van der Waals surface area contributed by atoms with E-state index in [1.54, 1.807) is 6.07 Å². The van der Waals surface area contributed by atoms with Crippen molar-refractivity contribution in [1.82, 2.24) is 0 Å². The predicted molar refractivity (Wildman–Crippen MR) is 68.4 cm³/mol. The monoisotopic (exact) mass is 282 g/mol. The van der Waals surface area contributed by atoms with Crippen LogP contribution in [-0.4, -0.2) is 19.3 Å². The Hall–Kier alpha value is -1.05. The van der Waals surface area contributed by atoms with E-state index in [9.17, 15) is 0 Å². The Kier molecular flexibility index (Phi) is 5.30. The molecule has 0 aliphatic rings. The van der Waals surface area contributed by atoms with Crippen molar-refractivity contribution in [1.29, 1.82) is 5.26 Å². The number of ether oxygens (including phenoxy) is 1. The minimum absolute atomic E-state index is 0.223. The lowest BCUT2D eigenvalue weighted by Gasteiger charge is -2.15. The van der Waals surface area contributed by atoms with Gasteiger partial charge in [0.15, 0.2) is 0 Å². The molecule has 0 aliphatic heterocycles. The first-order chi connectivity index (χ1) is 7.65. The van der Waals surface area contributed by atoms with E-state index in [1.807, 2.05) is 26.0 Å². The molecule has 0 radical (unpaired) electrons. The van der Waals surface area contributed by atoms with Crippen LogP contribution in [0.25, 0.3) is 0 Å². The van der Waals surface area contributed by atoms with Crippen molar-refractivity contribution in [3.63, 3.8) is 0 Å². The molecule has 16 heavy (non-hydrogen) atoms. The van der Waals surface area contributed by atoms with Gasteiger partial charge in [-0.3, -0.25) is 0 Å². The maximum absolute atomic E-state index is 8.84. The molecule has 0 spiro atoms. The van der Waals surface area contributed by atoms with Crippen molar-refractivity contribution in [3.8, 4) is 6.07 Å². The summed E-state index contributed by atoms with van der Waals surface area (Å²) in [6.45, 7) is 5.39. The highest BCUT2D eigenvalue weighted by Crippen LogP contribution is 2.19. The van der Waals surface area contributed by atoms with Gasteiger partial charge in [0.2, 0.25) is 0 Å². The number of nitrogens with zero attached hydrogens (tertiary/aromatic N) is 1. The molecule has 1 aromatic carbocycles. The summed E-state index contributed by atoms with van der Waals surface area (Å²) < 4.78 is 6.22. The normalized spacial score (nSPS) is 11.9. The van der Waals surface area contributed by atoms with Gasteiger partial charge in [0, 0.05) is 22.8 Å². The van der Waals surface area contributed by atoms with Gasteiger partial charge in [-0.2, -0.15) is 5.26 Å². The molecule has 1 unspecified atom stereocenters. The van der Waals surface area contributed by atoms with Gasteiger partial charge >= 0.3 is 0 Å². The van der Waals surface area contributed by atoms with Gasteiger partial charge in [0.05, 0.1) is 18.2 Å². The lowest BCUT2D eigenvalue weighted by molar-refractivity contribution is 0.141. The fourth-order valence-electron chi connectivity index (χ4n) is 1.36. The van der Waals surface area contributed by atoms with Crippen LogP contribution in [0.1, 0.15) is 19.4 Å². The zero-order valence-corrected chi connectivity index (χ0v) is 11.0. The zero-order chi connectivity index (χ0) is 12.0. The number of halogens is 1. The van der Waals surface area contributed by atoms with Crippen LogP contribution < -0.4 is 5.32 Å². The maximum atomic E-state index is 8.84. The number of benzene rings is 1. The SMILES string of the molecule is CCOCC(C)Nc1cc(Br)cc(C#N)c1. The lowest BCUT2D eigenvalue weighted by Crippen LogP contribution is -2.21. The molecule has 0 bridgehead atoms. The van der Waals surface area contributed by atoms with E-state index in [0.29, 0.717) is 18.8 Å². The second kappa shape index (κ2) is 6.51. The third-order valence-corrected chi connectivity index (χ3v) is 2.47. The van der Waals surface area contributed by atoms with Crippen molar-refractivity contribution >= 4 is 21.6 Å². The van der Waals surface area contributed by atoms with E-state index in [2.05, 4.69) is 27.3 Å². The molecule has 0 aromatic heterocycles. The Balaban J connectivity index is 2.66. The minimum Gasteiger partial charge on any atom is -0.380 e. The van der Waals surface area contributed by atoms with Crippen LogP contribution in [0.4, 0.5) is 5.69 Å². The average Bonchev–Trinajstić information content (AvgIpc) is 2.25. The first-order valence-electron chi connectivity index (χ1n) is 5.20. The second-order valence-corrected chi connectivity index (χ2v) is 4.46. The van der Waals surface area contributed by atoms with E-state index in [4.69, 9.17) is 10.00 Å². The lowest BCUT2D eigenvalue weighted by atomic mass is 10.2. The van der Waals surface area contributed by atoms with Crippen molar-refractivity contribution in [3.05, 3.63) is 28.2 Å². The third kappa shape index (κ3) is 4.21. The smallest absolute Gasteiger partial charge is 0.0992 e. The van der Waals surface area contributed by atoms with E-state index in [-0.39, 0.29) is 6.04 Å². The van der Waals surface area contributed by atoms with Crippen LogP contribution in [-0.2, 0) is 4.74 Å². The van der Waals surface area contributed by atoms with Gasteiger partial charge in [-0.05, 0) is 32.0 Å². The van der Waals surface area contributed by atoms with Crippen molar-refractivity contribution < 1.29 is 4.74 Å². The minimum atomic E-state index is 0.223. The Bertz CT molecular complexity index is 387. The highest BCUT2D eigenvalue weighted by Gasteiger charge is 2.03. The van der Waals surface area contributed by atoms with Crippen LogP contribution in [0.15, 0.2) is 22.7 Å². The van der Waals surface area contributed by atoms with Crippen LogP contribution in [0.3, 0.4) is 0 Å². The number of nitriles is 1. The van der Waals surface area contributed by atoms with E-state index < -0.39 is 0 Å². The molecular formula is C12H15BrN2O. The van der Waals surface area contributed by atoms with Crippen LogP contribution in [0, 0.1) is 11.3 Å². The number of rotatable bonds is 5. The third-order valence-electron chi connectivity index (χ3n) is 2.01. The molecule has 0 heterocycles. The topological polar surface area (TPSA) is 45.0 Å². The first kappa shape index (κ1) is 13.0. The molecule has 0 fully saturated rings. The molecule has 1 rings (SSSR count). The maximum Gasteiger partial charge on any atom is 0.0992 e. The molecule has 0 aliphatic carbocycles. The van der Waals surface area contributed by atoms with E-state index in [1.165, 1.54) is 0 Å². The Morgan fingerprint density at radius 2 is 2.25 bits per heavy atom. The summed E-state index contributed by atoms with van der Waals surface area (Å²) in [6.07, 6.45) is 0. The standard InChI is InChI=1S/C12H15BrN2O/c1-3-16-8-9(2)15-12-5-10(7-14)4-11(13)6-12/h4-6,9,15H,3,8H2,1-2H3. The van der Waals surface area contributed by atoms with Crippen molar-refractivity contribution in [2.75, 3.05) is 18.5 Å².